The van der Waals surface area contributed by atoms with Crippen molar-refractivity contribution in [2.75, 3.05) is 40.0 Å². The van der Waals surface area contributed by atoms with Crippen molar-refractivity contribution >= 4 is 5.96 Å². The standard InChI is InChI=1S/C23H35N5O2/c1-18-22(19(2)28(27-18)21-8-5-4-6-9-21)16-26-23(24-3)25-12-7-13-30-17-20-10-14-29-15-11-20/h4-6,8-9,20H,7,10-17H2,1-3H3,(H2,24,25,26). The van der Waals surface area contributed by atoms with E-state index in [2.05, 4.69) is 41.6 Å². The van der Waals surface area contributed by atoms with E-state index >= 15 is 0 Å². The van der Waals surface area contributed by atoms with E-state index in [-0.39, 0.29) is 0 Å². The predicted octanol–water partition coefficient (Wildman–Crippen LogP) is 2.99. The van der Waals surface area contributed by atoms with Crippen molar-refractivity contribution in [3.8, 4) is 5.69 Å². The van der Waals surface area contributed by atoms with Gasteiger partial charge in [0.2, 0.25) is 0 Å². The molecule has 1 aliphatic heterocycles. The van der Waals surface area contributed by atoms with Crippen LogP contribution in [0.2, 0.25) is 0 Å². The van der Waals surface area contributed by atoms with Crippen molar-refractivity contribution in [1.29, 1.82) is 0 Å². The number of nitrogens with zero attached hydrogens (tertiary/aromatic N) is 3. The van der Waals surface area contributed by atoms with E-state index < -0.39 is 0 Å². The van der Waals surface area contributed by atoms with Crippen LogP contribution in [0.25, 0.3) is 5.69 Å². The van der Waals surface area contributed by atoms with Gasteiger partial charge >= 0.3 is 0 Å². The van der Waals surface area contributed by atoms with Crippen molar-refractivity contribution in [2.45, 2.75) is 39.7 Å². The van der Waals surface area contributed by atoms with Crippen LogP contribution in [0.15, 0.2) is 35.3 Å². The van der Waals surface area contributed by atoms with Crippen LogP contribution in [0.3, 0.4) is 0 Å². The Labute approximate surface area is 179 Å². The average molecular weight is 414 g/mol. The Morgan fingerprint density at radius 3 is 2.70 bits per heavy atom. The van der Waals surface area contributed by atoms with Gasteiger partial charge in [-0.3, -0.25) is 4.99 Å². The summed E-state index contributed by atoms with van der Waals surface area (Å²) in [5.74, 6) is 1.45. The third-order valence-corrected chi connectivity index (χ3v) is 5.55. The number of hydrogen-bond donors (Lipinski definition) is 2. The van der Waals surface area contributed by atoms with Crippen LogP contribution >= 0.6 is 0 Å². The molecule has 0 unspecified atom stereocenters. The first-order valence-corrected chi connectivity index (χ1v) is 10.9. The highest BCUT2D eigenvalue weighted by atomic mass is 16.5. The highest BCUT2D eigenvalue weighted by Crippen LogP contribution is 2.17. The van der Waals surface area contributed by atoms with E-state index in [1.54, 1.807) is 7.05 Å². The number of aliphatic imine (C=N–C) groups is 1. The molecule has 7 heteroatoms. The third-order valence-electron chi connectivity index (χ3n) is 5.55. The Morgan fingerprint density at radius 2 is 1.97 bits per heavy atom. The third kappa shape index (κ3) is 6.31. The van der Waals surface area contributed by atoms with E-state index in [0.29, 0.717) is 12.5 Å². The number of hydrogen-bond acceptors (Lipinski definition) is 4. The minimum Gasteiger partial charge on any atom is -0.381 e. The molecular formula is C23H35N5O2. The van der Waals surface area contributed by atoms with E-state index in [0.717, 1.165) is 75.3 Å². The molecule has 1 aromatic heterocycles. The zero-order valence-electron chi connectivity index (χ0n) is 18.5. The number of aromatic nitrogens is 2. The highest BCUT2D eigenvalue weighted by Gasteiger charge is 2.14. The first-order valence-electron chi connectivity index (χ1n) is 10.9. The molecule has 1 aliphatic rings. The molecule has 1 fully saturated rings. The summed E-state index contributed by atoms with van der Waals surface area (Å²) >= 11 is 0. The number of guanidine groups is 1. The smallest absolute Gasteiger partial charge is 0.191 e. The van der Waals surface area contributed by atoms with Crippen LogP contribution in [-0.4, -0.2) is 55.8 Å². The largest absolute Gasteiger partial charge is 0.381 e. The molecule has 2 aromatic rings. The Kier molecular flexibility index (Phi) is 8.71. The molecule has 0 atom stereocenters. The zero-order chi connectivity index (χ0) is 21.2. The molecule has 164 valence electrons. The molecule has 2 heterocycles. The van der Waals surface area contributed by atoms with Gasteiger partial charge in [0, 0.05) is 57.8 Å². The van der Waals surface area contributed by atoms with E-state index in [1.165, 1.54) is 5.56 Å². The van der Waals surface area contributed by atoms with Gasteiger partial charge in [0.25, 0.3) is 0 Å². The molecule has 0 spiro atoms. The van der Waals surface area contributed by atoms with Crippen molar-refractivity contribution in [3.63, 3.8) is 0 Å². The second kappa shape index (κ2) is 11.7. The predicted molar refractivity (Wildman–Crippen MR) is 120 cm³/mol. The van der Waals surface area contributed by atoms with E-state index in [4.69, 9.17) is 14.6 Å². The summed E-state index contributed by atoms with van der Waals surface area (Å²) < 4.78 is 13.2. The average Bonchev–Trinajstić information content (AvgIpc) is 3.07. The van der Waals surface area contributed by atoms with Gasteiger partial charge in [-0.25, -0.2) is 4.68 Å². The Morgan fingerprint density at radius 1 is 1.20 bits per heavy atom. The SMILES string of the molecule is CN=C(NCCCOCC1CCOCC1)NCc1c(C)nn(-c2ccccc2)c1C. The normalized spacial score (nSPS) is 15.4. The summed E-state index contributed by atoms with van der Waals surface area (Å²) in [7, 11) is 1.80. The highest BCUT2D eigenvalue weighted by molar-refractivity contribution is 5.79. The lowest BCUT2D eigenvalue weighted by molar-refractivity contribution is 0.0203. The van der Waals surface area contributed by atoms with Crippen LogP contribution < -0.4 is 10.6 Å². The lowest BCUT2D eigenvalue weighted by atomic mass is 10.0. The van der Waals surface area contributed by atoms with Crippen molar-refractivity contribution < 1.29 is 9.47 Å². The van der Waals surface area contributed by atoms with Gasteiger partial charge in [-0.05, 0) is 51.2 Å². The van der Waals surface area contributed by atoms with Gasteiger partial charge < -0.3 is 20.1 Å². The number of nitrogens with one attached hydrogen (secondary N) is 2. The van der Waals surface area contributed by atoms with Crippen LogP contribution in [0, 0.1) is 19.8 Å². The molecule has 2 N–H and O–H groups in total. The summed E-state index contributed by atoms with van der Waals surface area (Å²) in [5.41, 5.74) is 4.44. The molecule has 0 aliphatic carbocycles. The number of aryl methyl sites for hydroxylation is 1. The summed E-state index contributed by atoms with van der Waals surface area (Å²) in [4.78, 5) is 4.33. The Balaban J connectivity index is 1.39. The quantitative estimate of drug-likeness (QED) is 0.376. The molecule has 0 amide bonds. The van der Waals surface area contributed by atoms with Crippen LogP contribution in [0.1, 0.15) is 36.2 Å². The zero-order valence-corrected chi connectivity index (χ0v) is 18.5. The van der Waals surface area contributed by atoms with Gasteiger partial charge in [0.15, 0.2) is 5.96 Å². The van der Waals surface area contributed by atoms with Crippen LogP contribution in [0.4, 0.5) is 0 Å². The van der Waals surface area contributed by atoms with Gasteiger partial charge in [-0.2, -0.15) is 5.10 Å². The fraction of sp³-hybridized carbons (Fsp3) is 0.565. The maximum atomic E-state index is 5.83. The molecule has 1 aromatic carbocycles. The number of ether oxygens (including phenoxy) is 2. The Hall–Kier alpha value is -2.38. The summed E-state index contributed by atoms with van der Waals surface area (Å²) in [6.45, 7) is 9.04. The number of benzene rings is 1. The van der Waals surface area contributed by atoms with Crippen LogP contribution in [-0.2, 0) is 16.0 Å². The maximum absolute atomic E-state index is 5.83. The molecule has 1 saturated heterocycles. The maximum Gasteiger partial charge on any atom is 0.191 e. The molecule has 3 rings (SSSR count). The molecule has 0 bridgehead atoms. The van der Waals surface area contributed by atoms with Gasteiger partial charge in [0.05, 0.1) is 11.4 Å². The first kappa shape index (κ1) is 22.3. The monoisotopic (exact) mass is 413 g/mol. The molecule has 0 saturated carbocycles. The minimum absolute atomic E-state index is 0.657. The summed E-state index contributed by atoms with van der Waals surface area (Å²) in [6.07, 6.45) is 3.19. The van der Waals surface area contributed by atoms with E-state index in [1.807, 2.05) is 22.9 Å². The number of rotatable bonds is 9. The van der Waals surface area contributed by atoms with Gasteiger partial charge in [-0.1, -0.05) is 18.2 Å². The van der Waals surface area contributed by atoms with Gasteiger partial charge in [0.1, 0.15) is 0 Å². The van der Waals surface area contributed by atoms with Crippen molar-refractivity contribution in [3.05, 3.63) is 47.3 Å². The number of para-hydroxylation sites is 1. The second-order valence-electron chi connectivity index (χ2n) is 7.73. The second-order valence-corrected chi connectivity index (χ2v) is 7.73. The summed E-state index contributed by atoms with van der Waals surface area (Å²) in [5, 5.41) is 11.5. The molecule has 0 radical (unpaired) electrons. The minimum atomic E-state index is 0.657. The molecule has 30 heavy (non-hydrogen) atoms. The van der Waals surface area contributed by atoms with Crippen molar-refractivity contribution in [2.24, 2.45) is 10.9 Å². The topological polar surface area (TPSA) is 72.7 Å². The van der Waals surface area contributed by atoms with Crippen molar-refractivity contribution in [1.82, 2.24) is 20.4 Å². The fourth-order valence-corrected chi connectivity index (χ4v) is 3.69. The first-order chi connectivity index (χ1) is 14.7. The summed E-state index contributed by atoms with van der Waals surface area (Å²) in [6, 6.07) is 10.2. The fourth-order valence-electron chi connectivity index (χ4n) is 3.69. The molecular weight excluding hydrogens is 378 g/mol. The lowest BCUT2D eigenvalue weighted by Crippen LogP contribution is -2.37. The Bertz CT molecular complexity index is 797. The van der Waals surface area contributed by atoms with Crippen LogP contribution in [0.5, 0.6) is 0 Å². The molecule has 7 nitrogen and oxygen atoms in total. The lowest BCUT2D eigenvalue weighted by Gasteiger charge is -2.21. The van der Waals surface area contributed by atoms with Gasteiger partial charge in [-0.15, -0.1) is 0 Å². The van der Waals surface area contributed by atoms with E-state index in [9.17, 15) is 0 Å².